The first-order chi connectivity index (χ1) is 11.0. The Balaban J connectivity index is 1.90. The van der Waals surface area contributed by atoms with Crippen molar-refractivity contribution in [3.05, 3.63) is 53.6 Å². The van der Waals surface area contributed by atoms with E-state index in [0.29, 0.717) is 11.3 Å². The van der Waals surface area contributed by atoms with Crippen molar-refractivity contribution in [3.63, 3.8) is 0 Å². The molecular formula is C16H15N3O4. The normalized spacial score (nSPS) is 10.5. The summed E-state index contributed by atoms with van der Waals surface area (Å²) in [5.41, 5.74) is 4.05. The van der Waals surface area contributed by atoms with Gasteiger partial charge in [-0.25, -0.2) is 5.43 Å². The highest BCUT2D eigenvalue weighted by Crippen LogP contribution is 2.23. The molecule has 2 aromatic carbocycles. The van der Waals surface area contributed by atoms with E-state index in [1.165, 1.54) is 24.4 Å². The van der Waals surface area contributed by atoms with Gasteiger partial charge in [0.1, 0.15) is 0 Å². The van der Waals surface area contributed by atoms with Crippen molar-refractivity contribution < 1.29 is 19.8 Å². The van der Waals surface area contributed by atoms with Gasteiger partial charge in [0, 0.05) is 5.69 Å². The molecule has 0 aliphatic carbocycles. The lowest BCUT2D eigenvalue weighted by molar-refractivity contribution is -0.136. The number of hydrogen-bond acceptors (Lipinski definition) is 5. The molecule has 7 heteroatoms. The second-order valence-corrected chi connectivity index (χ2v) is 4.77. The van der Waals surface area contributed by atoms with Gasteiger partial charge in [0.05, 0.1) is 6.21 Å². The summed E-state index contributed by atoms with van der Waals surface area (Å²) in [4.78, 5) is 23.3. The second-order valence-electron chi connectivity index (χ2n) is 4.77. The summed E-state index contributed by atoms with van der Waals surface area (Å²) in [6.45, 7) is 1.91. The van der Waals surface area contributed by atoms with Crippen molar-refractivity contribution in [2.75, 3.05) is 5.32 Å². The molecule has 0 atom stereocenters. The van der Waals surface area contributed by atoms with E-state index < -0.39 is 11.8 Å². The number of hydrogen-bond donors (Lipinski definition) is 4. The molecule has 2 aromatic rings. The van der Waals surface area contributed by atoms with Crippen LogP contribution in [-0.4, -0.2) is 28.2 Å². The van der Waals surface area contributed by atoms with Crippen LogP contribution in [0.4, 0.5) is 5.69 Å². The Kier molecular flexibility index (Phi) is 4.93. The van der Waals surface area contributed by atoms with Crippen LogP contribution in [0.5, 0.6) is 11.5 Å². The molecule has 0 unspecified atom stereocenters. The molecule has 0 aromatic heterocycles. The van der Waals surface area contributed by atoms with E-state index in [1.807, 2.05) is 19.1 Å². The van der Waals surface area contributed by atoms with Crippen molar-refractivity contribution in [1.29, 1.82) is 0 Å². The number of carbonyl (C=O) groups excluding carboxylic acids is 2. The molecule has 0 bridgehead atoms. The van der Waals surface area contributed by atoms with Gasteiger partial charge in [-0.15, -0.1) is 0 Å². The molecule has 0 spiro atoms. The number of phenols is 2. The fraction of sp³-hybridized carbons (Fsp3) is 0.0625. The Morgan fingerprint density at radius 3 is 2.35 bits per heavy atom. The van der Waals surface area contributed by atoms with E-state index in [0.717, 1.165) is 5.56 Å². The van der Waals surface area contributed by atoms with Crippen LogP contribution in [0.25, 0.3) is 0 Å². The number of aromatic hydroxyl groups is 2. The predicted octanol–water partition coefficient (Wildman–Crippen LogP) is 1.50. The van der Waals surface area contributed by atoms with E-state index in [-0.39, 0.29) is 11.5 Å². The second kappa shape index (κ2) is 7.08. The smallest absolute Gasteiger partial charge is 0.329 e. The molecule has 2 rings (SSSR count). The number of carbonyl (C=O) groups is 2. The van der Waals surface area contributed by atoms with E-state index in [1.54, 1.807) is 12.1 Å². The maximum Gasteiger partial charge on any atom is 0.329 e. The van der Waals surface area contributed by atoms with Gasteiger partial charge >= 0.3 is 11.8 Å². The summed E-state index contributed by atoms with van der Waals surface area (Å²) in [5.74, 6) is -2.34. The minimum atomic E-state index is -0.926. The van der Waals surface area contributed by atoms with Crippen molar-refractivity contribution in [2.45, 2.75) is 6.92 Å². The first-order valence-corrected chi connectivity index (χ1v) is 6.69. The number of nitrogens with one attached hydrogen (secondary N) is 2. The summed E-state index contributed by atoms with van der Waals surface area (Å²) in [6, 6.07) is 11.0. The molecule has 0 heterocycles. The predicted molar refractivity (Wildman–Crippen MR) is 85.3 cm³/mol. The van der Waals surface area contributed by atoms with Gasteiger partial charge in [-0.2, -0.15) is 5.10 Å². The van der Waals surface area contributed by atoms with Gasteiger partial charge in [-0.3, -0.25) is 9.59 Å². The van der Waals surface area contributed by atoms with Gasteiger partial charge in [-0.1, -0.05) is 17.7 Å². The number of anilines is 1. The highest BCUT2D eigenvalue weighted by atomic mass is 16.3. The van der Waals surface area contributed by atoms with E-state index in [9.17, 15) is 19.8 Å². The molecule has 0 radical (unpaired) electrons. The number of rotatable bonds is 3. The fourth-order valence-corrected chi connectivity index (χ4v) is 1.66. The van der Waals surface area contributed by atoms with Gasteiger partial charge in [0.2, 0.25) is 0 Å². The maximum atomic E-state index is 11.7. The van der Waals surface area contributed by atoms with Crippen LogP contribution in [0.15, 0.2) is 47.6 Å². The summed E-state index contributed by atoms with van der Waals surface area (Å²) >= 11 is 0. The molecule has 23 heavy (non-hydrogen) atoms. The molecule has 0 saturated heterocycles. The summed E-state index contributed by atoms with van der Waals surface area (Å²) in [7, 11) is 0. The lowest BCUT2D eigenvalue weighted by Crippen LogP contribution is -2.32. The van der Waals surface area contributed by atoms with E-state index >= 15 is 0 Å². The van der Waals surface area contributed by atoms with Crippen LogP contribution < -0.4 is 10.7 Å². The number of aryl methyl sites for hydroxylation is 1. The maximum absolute atomic E-state index is 11.7. The lowest BCUT2D eigenvalue weighted by Gasteiger charge is -2.04. The Morgan fingerprint density at radius 2 is 1.70 bits per heavy atom. The Morgan fingerprint density at radius 1 is 1.00 bits per heavy atom. The molecule has 0 saturated carbocycles. The highest BCUT2D eigenvalue weighted by molar-refractivity contribution is 6.39. The first-order valence-electron chi connectivity index (χ1n) is 6.69. The minimum Gasteiger partial charge on any atom is -0.504 e. The summed E-state index contributed by atoms with van der Waals surface area (Å²) in [5, 5.41) is 24.5. The van der Waals surface area contributed by atoms with Crippen molar-refractivity contribution in [2.24, 2.45) is 5.10 Å². The van der Waals surface area contributed by atoms with E-state index in [2.05, 4.69) is 15.8 Å². The van der Waals surface area contributed by atoms with Crippen LogP contribution >= 0.6 is 0 Å². The standard InChI is InChI=1S/C16H15N3O4/c1-10-2-5-12(6-3-10)18-15(22)16(23)19-17-9-11-4-7-13(20)14(21)8-11/h2-9,20-21H,1H3,(H,18,22)(H,19,23)/b17-9+. The Hall–Kier alpha value is -3.35. The van der Waals surface area contributed by atoms with Crippen molar-refractivity contribution in [1.82, 2.24) is 5.43 Å². The number of hydrazone groups is 1. The third kappa shape index (κ3) is 4.57. The molecule has 118 valence electrons. The zero-order valence-electron chi connectivity index (χ0n) is 12.3. The van der Waals surface area contributed by atoms with Crippen molar-refractivity contribution >= 4 is 23.7 Å². The highest BCUT2D eigenvalue weighted by Gasteiger charge is 2.12. The van der Waals surface area contributed by atoms with Gasteiger partial charge < -0.3 is 15.5 Å². The third-order valence-corrected chi connectivity index (χ3v) is 2.89. The van der Waals surface area contributed by atoms with Crippen LogP contribution in [0.1, 0.15) is 11.1 Å². The largest absolute Gasteiger partial charge is 0.504 e. The van der Waals surface area contributed by atoms with Gasteiger partial charge in [-0.05, 0) is 42.8 Å². The molecule has 4 N–H and O–H groups in total. The Labute approximate surface area is 132 Å². The molecule has 2 amide bonds. The van der Waals surface area contributed by atoms with Crippen molar-refractivity contribution in [3.8, 4) is 11.5 Å². The molecular weight excluding hydrogens is 298 g/mol. The quantitative estimate of drug-likeness (QED) is 0.298. The van der Waals surface area contributed by atoms with Crippen LogP contribution in [0, 0.1) is 6.92 Å². The number of amides is 2. The molecule has 0 fully saturated rings. The zero-order chi connectivity index (χ0) is 16.8. The monoisotopic (exact) mass is 313 g/mol. The van der Waals surface area contributed by atoms with Crippen LogP contribution in [-0.2, 0) is 9.59 Å². The SMILES string of the molecule is Cc1ccc(NC(=O)C(=O)N/N=C/c2ccc(O)c(O)c2)cc1. The Bertz CT molecular complexity index is 754. The molecule has 7 nitrogen and oxygen atoms in total. The van der Waals surface area contributed by atoms with E-state index in [4.69, 9.17) is 0 Å². The third-order valence-electron chi connectivity index (χ3n) is 2.89. The topological polar surface area (TPSA) is 111 Å². The molecule has 0 aliphatic heterocycles. The van der Waals surface area contributed by atoms with Crippen LogP contribution in [0.3, 0.4) is 0 Å². The fourth-order valence-electron chi connectivity index (χ4n) is 1.66. The number of benzene rings is 2. The van der Waals surface area contributed by atoms with Gasteiger partial charge in [0.15, 0.2) is 11.5 Å². The average Bonchev–Trinajstić information content (AvgIpc) is 2.53. The van der Waals surface area contributed by atoms with Gasteiger partial charge in [0.25, 0.3) is 0 Å². The summed E-state index contributed by atoms with van der Waals surface area (Å²) in [6.07, 6.45) is 1.23. The first kappa shape index (κ1) is 16.0. The minimum absolute atomic E-state index is 0.260. The zero-order valence-corrected chi connectivity index (χ0v) is 12.3. The lowest BCUT2D eigenvalue weighted by atomic mass is 10.2. The number of nitrogens with zero attached hydrogens (tertiary/aromatic N) is 1. The summed E-state index contributed by atoms with van der Waals surface area (Å²) < 4.78 is 0. The average molecular weight is 313 g/mol. The molecule has 0 aliphatic rings. The number of phenolic OH excluding ortho intramolecular Hbond substituents is 2. The van der Waals surface area contributed by atoms with Crippen LogP contribution in [0.2, 0.25) is 0 Å².